The zero-order chi connectivity index (χ0) is 28.7. The topological polar surface area (TPSA) is 196 Å². The number of rotatable bonds is 6. The summed E-state index contributed by atoms with van der Waals surface area (Å²) in [7, 11) is -4.24. The number of phenolic OH excluding ortho intramolecular Hbond substituents is 2. The van der Waals surface area contributed by atoms with E-state index < -0.39 is 10.1 Å². The first-order valence-corrected chi connectivity index (χ1v) is 13.3. The quantitative estimate of drug-likeness (QED) is 0.0933. The van der Waals surface area contributed by atoms with Crippen LogP contribution < -0.4 is 15.8 Å². The Kier molecular flexibility index (Phi) is 9.34. The fourth-order valence-electron chi connectivity index (χ4n) is 3.07. The lowest BCUT2D eigenvalue weighted by Gasteiger charge is -2.03. The number of anilines is 1. The molecular formula is C24H25BrN7O6S+. The monoisotopic (exact) mass is 618 g/mol. The van der Waals surface area contributed by atoms with Gasteiger partial charge in [-0.25, -0.2) is 0 Å². The zero-order valence-electron chi connectivity index (χ0n) is 20.7. The second-order valence-corrected chi connectivity index (χ2v) is 10.4. The van der Waals surface area contributed by atoms with E-state index in [2.05, 4.69) is 36.6 Å². The normalized spacial score (nSPS) is 11.2. The lowest BCUT2D eigenvalue weighted by atomic mass is 10.3. The maximum Gasteiger partial charge on any atom is 0.295 e. The van der Waals surface area contributed by atoms with Gasteiger partial charge in [-0.1, -0.05) is 15.9 Å². The Bertz CT molecular complexity index is 1610. The van der Waals surface area contributed by atoms with Crippen molar-refractivity contribution in [1.82, 2.24) is 9.78 Å². The number of halogens is 1. The largest absolute Gasteiger partial charge is 0.508 e. The summed E-state index contributed by atoms with van der Waals surface area (Å²) in [4.78, 5) is 11.7. The van der Waals surface area contributed by atoms with E-state index in [4.69, 9.17) is 15.5 Å². The number of nitrogen functional groups attached to an aromatic ring is 1. The molecule has 1 aromatic heterocycles. The lowest BCUT2D eigenvalue weighted by molar-refractivity contribution is -0.652. The van der Waals surface area contributed by atoms with Crippen molar-refractivity contribution in [3.63, 3.8) is 0 Å². The van der Waals surface area contributed by atoms with Crippen LogP contribution in [0, 0.1) is 13.8 Å². The van der Waals surface area contributed by atoms with E-state index in [1.165, 1.54) is 41.1 Å². The molecule has 204 valence electrons. The van der Waals surface area contributed by atoms with Gasteiger partial charge in [0.15, 0.2) is 6.54 Å². The molecule has 0 aliphatic rings. The van der Waals surface area contributed by atoms with Crippen molar-refractivity contribution in [2.45, 2.75) is 25.3 Å². The van der Waals surface area contributed by atoms with E-state index in [0.29, 0.717) is 11.5 Å². The first-order valence-electron chi connectivity index (χ1n) is 11.1. The second-order valence-electron chi connectivity index (χ2n) is 8.02. The molecule has 0 aliphatic carbocycles. The van der Waals surface area contributed by atoms with E-state index in [-0.39, 0.29) is 34.5 Å². The third-order valence-corrected chi connectivity index (χ3v) is 6.52. The highest BCUT2D eigenvalue weighted by Gasteiger charge is 2.19. The number of nitrogens with one attached hydrogen (secondary N) is 1. The predicted molar refractivity (Wildman–Crippen MR) is 145 cm³/mol. The maximum absolute atomic E-state index is 11.9. The molecule has 0 fully saturated rings. The van der Waals surface area contributed by atoms with Crippen LogP contribution in [0.15, 0.2) is 86.3 Å². The van der Waals surface area contributed by atoms with Gasteiger partial charge in [-0.15, -0.1) is 14.5 Å². The molecule has 4 aromatic rings. The van der Waals surface area contributed by atoms with Crippen LogP contribution in [-0.4, -0.2) is 38.9 Å². The number of carbonyl (C=O) groups is 1. The van der Waals surface area contributed by atoms with Crippen molar-refractivity contribution in [3.05, 3.63) is 82.9 Å². The Labute approximate surface area is 232 Å². The van der Waals surface area contributed by atoms with Gasteiger partial charge in [0.1, 0.15) is 17.2 Å². The molecule has 0 bridgehead atoms. The number of amides is 1. The standard InChI is InChI=1S/C12H14BrN5O.C12H10N2O5S/c1-8-16-17(9(2)18(8)14)7-12(19)15-11-5-3-10(13)4-6-11;15-9-3-6-11(12(16)7-9)14-13-8-1-4-10(5-2-8)20(17,18)19/h3-6H,7,14H2,1-2H3;1-7,15-16H,(H,17,18,19)/p+1. The highest BCUT2D eigenvalue weighted by Crippen LogP contribution is 2.31. The minimum atomic E-state index is -4.24. The van der Waals surface area contributed by atoms with E-state index in [1.54, 1.807) is 11.6 Å². The van der Waals surface area contributed by atoms with Crippen LogP contribution >= 0.6 is 15.9 Å². The minimum Gasteiger partial charge on any atom is -0.508 e. The number of hydrogen-bond donors (Lipinski definition) is 5. The van der Waals surface area contributed by atoms with Crippen molar-refractivity contribution in [3.8, 4) is 11.5 Å². The lowest BCUT2D eigenvalue weighted by Crippen LogP contribution is -2.48. The summed E-state index contributed by atoms with van der Waals surface area (Å²) in [6, 6.07) is 16.3. The molecule has 0 atom stereocenters. The highest BCUT2D eigenvalue weighted by molar-refractivity contribution is 9.10. The summed E-state index contributed by atoms with van der Waals surface area (Å²) in [5.41, 5.74) is 1.24. The molecular weight excluding hydrogens is 594 g/mol. The van der Waals surface area contributed by atoms with Crippen molar-refractivity contribution in [1.29, 1.82) is 0 Å². The first kappa shape index (κ1) is 29.2. The molecule has 6 N–H and O–H groups in total. The van der Waals surface area contributed by atoms with Gasteiger partial charge in [0.2, 0.25) is 0 Å². The van der Waals surface area contributed by atoms with Gasteiger partial charge in [0.25, 0.3) is 27.7 Å². The third kappa shape index (κ3) is 8.33. The van der Waals surface area contributed by atoms with Crippen molar-refractivity contribution >= 4 is 49.0 Å². The fraction of sp³-hybridized carbons (Fsp3) is 0.125. The Morgan fingerprint density at radius 3 is 2.23 bits per heavy atom. The van der Waals surface area contributed by atoms with Crippen molar-refractivity contribution in [2.24, 2.45) is 10.2 Å². The number of carbonyl (C=O) groups excluding carboxylic acids is 1. The molecule has 4 rings (SSSR count). The summed E-state index contributed by atoms with van der Waals surface area (Å²) in [5.74, 6) is 6.65. The van der Waals surface area contributed by atoms with Gasteiger partial charge in [-0.2, -0.15) is 13.5 Å². The van der Waals surface area contributed by atoms with E-state index >= 15 is 0 Å². The number of aryl methyl sites for hydroxylation is 1. The Morgan fingerprint density at radius 2 is 1.69 bits per heavy atom. The summed E-state index contributed by atoms with van der Waals surface area (Å²) < 4.78 is 34.5. The van der Waals surface area contributed by atoms with Gasteiger partial charge in [-0.3, -0.25) is 15.2 Å². The van der Waals surface area contributed by atoms with Crippen molar-refractivity contribution in [2.75, 3.05) is 11.2 Å². The number of hydrogen-bond acceptors (Lipinski definition) is 9. The smallest absolute Gasteiger partial charge is 0.295 e. The van der Waals surface area contributed by atoms with Crippen LogP contribution in [0.25, 0.3) is 0 Å². The Hall–Kier alpha value is -4.34. The number of aromatic nitrogens is 3. The number of benzene rings is 3. The molecule has 0 spiro atoms. The summed E-state index contributed by atoms with van der Waals surface area (Å²) in [6.45, 7) is 3.73. The maximum atomic E-state index is 11.9. The number of azo groups is 1. The molecule has 1 amide bonds. The Balaban J connectivity index is 0.000000216. The van der Waals surface area contributed by atoms with Crippen LogP contribution in [0.2, 0.25) is 0 Å². The SMILES string of the molecule is Cc1nn(CC(=O)Nc2ccc(Br)cc2)c(C)[n+]1N.O=S(=O)(O)c1ccc(N=Nc2ccc(O)cc2O)cc1. The fourth-order valence-corrected chi connectivity index (χ4v) is 3.81. The number of nitrogens with two attached hydrogens (primary N) is 1. The third-order valence-electron chi connectivity index (χ3n) is 5.12. The van der Waals surface area contributed by atoms with Crippen LogP contribution in [0.5, 0.6) is 11.5 Å². The van der Waals surface area contributed by atoms with Gasteiger partial charge in [0, 0.05) is 35.2 Å². The predicted octanol–water partition coefficient (Wildman–Crippen LogP) is 3.66. The average Bonchev–Trinajstić information content (AvgIpc) is 3.11. The summed E-state index contributed by atoms with van der Waals surface area (Å²) >= 11 is 3.34. The van der Waals surface area contributed by atoms with Gasteiger partial charge >= 0.3 is 0 Å². The number of phenols is 2. The molecule has 0 saturated heterocycles. The van der Waals surface area contributed by atoms with E-state index in [0.717, 1.165) is 22.1 Å². The van der Waals surface area contributed by atoms with Gasteiger partial charge in [0.05, 0.1) is 10.6 Å². The van der Waals surface area contributed by atoms with Crippen LogP contribution in [0.4, 0.5) is 17.1 Å². The molecule has 39 heavy (non-hydrogen) atoms. The number of nitrogens with zero attached hydrogens (tertiary/aromatic N) is 5. The average molecular weight is 619 g/mol. The summed E-state index contributed by atoms with van der Waals surface area (Å²) in [6.07, 6.45) is 0. The van der Waals surface area contributed by atoms with E-state index in [1.807, 2.05) is 31.2 Å². The first-order chi connectivity index (χ1) is 18.3. The van der Waals surface area contributed by atoms with Crippen LogP contribution in [-0.2, 0) is 21.5 Å². The molecule has 13 nitrogen and oxygen atoms in total. The van der Waals surface area contributed by atoms with Gasteiger partial charge in [-0.05, 0) is 60.7 Å². The molecule has 15 heteroatoms. The molecule has 3 aromatic carbocycles. The van der Waals surface area contributed by atoms with Crippen LogP contribution in [0.3, 0.4) is 0 Å². The zero-order valence-corrected chi connectivity index (χ0v) is 23.1. The molecule has 0 saturated carbocycles. The van der Waals surface area contributed by atoms with Gasteiger partial charge < -0.3 is 15.5 Å². The number of aromatic hydroxyl groups is 2. The second kappa shape index (κ2) is 12.5. The molecule has 0 unspecified atom stereocenters. The minimum absolute atomic E-state index is 0.0982. The molecule has 0 aliphatic heterocycles. The molecule has 0 radical (unpaired) electrons. The molecule has 1 heterocycles. The highest BCUT2D eigenvalue weighted by atomic mass is 79.9. The van der Waals surface area contributed by atoms with Crippen molar-refractivity contribution < 1.29 is 32.7 Å². The van der Waals surface area contributed by atoms with E-state index in [9.17, 15) is 18.3 Å². The Morgan fingerprint density at radius 1 is 1.05 bits per heavy atom. The summed E-state index contributed by atoms with van der Waals surface area (Å²) in [5, 5.41) is 33.2. The van der Waals surface area contributed by atoms with Crippen LogP contribution in [0.1, 0.15) is 11.6 Å².